The van der Waals surface area contributed by atoms with Crippen molar-refractivity contribution in [2.45, 2.75) is 17.9 Å². The molecule has 0 spiro atoms. The van der Waals surface area contributed by atoms with Gasteiger partial charge in [0.1, 0.15) is 11.3 Å². The van der Waals surface area contributed by atoms with Crippen molar-refractivity contribution in [1.82, 2.24) is 4.98 Å². The van der Waals surface area contributed by atoms with E-state index in [1.807, 2.05) is 0 Å². The SMILES string of the molecule is COc1cc(OC(F)(F)F)c(C(F)(F)F)c(CBr)n1. The number of alkyl halides is 7. The highest BCUT2D eigenvalue weighted by molar-refractivity contribution is 9.08. The van der Waals surface area contributed by atoms with Gasteiger partial charge in [-0.15, -0.1) is 13.2 Å². The Morgan fingerprint density at radius 2 is 1.79 bits per heavy atom. The number of nitrogens with zero attached hydrogens (tertiary/aromatic N) is 1. The van der Waals surface area contributed by atoms with Crippen molar-refractivity contribution in [1.29, 1.82) is 0 Å². The average Bonchev–Trinajstić information content (AvgIpc) is 2.23. The van der Waals surface area contributed by atoms with E-state index < -0.39 is 40.8 Å². The summed E-state index contributed by atoms with van der Waals surface area (Å²) in [7, 11) is 1.06. The summed E-state index contributed by atoms with van der Waals surface area (Å²) in [4.78, 5) is 3.43. The zero-order valence-electron chi connectivity index (χ0n) is 9.19. The lowest BCUT2D eigenvalue weighted by molar-refractivity contribution is -0.276. The molecule has 1 rings (SSSR count). The second kappa shape index (κ2) is 5.43. The Balaban J connectivity index is 3.47. The van der Waals surface area contributed by atoms with Crippen LogP contribution in [0.5, 0.6) is 11.6 Å². The van der Waals surface area contributed by atoms with Crippen LogP contribution in [0.3, 0.4) is 0 Å². The molecule has 0 aliphatic carbocycles. The van der Waals surface area contributed by atoms with Crippen LogP contribution in [0.1, 0.15) is 11.3 Å². The van der Waals surface area contributed by atoms with Crippen LogP contribution < -0.4 is 9.47 Å². The molecule has 10 heteroatoms. The van der Waals surface area contributed by atoms with Crippen molar-refractivity contribution in [3.63, 3.8) is 0 Å². The summed E-state index contributed by atoms with van der Waals surface area (Å²) in [6.45, 7) is 0. The first-order valence-electron chi connectivity index (χ1n) is 4.55. The average molecular weight is 354 g/mol. The number of hydrogen-bond acceptors (Lipinski definition) is 3. The molecule has 0 amide bonds. The van der Waals surface area contributed by atoms with E-state index in [0.29, 0.717) is 6.07 Å². The summed E-state index contributed by atoms with van der Waals surface area (Å²) in [5, 5.41) is -0.409. The summed E-state index contributed by atoms with van der Waals surface area (Å²) in [5.41, 5.74) is -2.26. The predicted octanol–water partition coefficient (Wildman–Crippen LogP) is 3.90. The van der Waals surface area contributed by atoms with Crippen LogP contribution in [-0.4, -0.2) is 18.5 Å². The molecule has 0 N–H and O–H groups in total. The summed E-state index contributed by atoms with van der Waals surface area (Å²) >= 11 is 2.72. The van der Waals surface area contributed by atoms with E-state index in [1.165, 1.54) is 0 Å². The van der Waals surface area contributed by atoms with Crippen LogP contribution in [0.2, 0.25) is 0 Å². The van der Waals surface area contributed by atoms with Gasteiger partial charge >= 0.3 is 12.5 Å². The number of aromatic nitrogens is 1. The topological polar surface area (TPSA) is 31.4 Å². The molecule has 0 fully saturated rings. The van der Waals surface area contributed by atoms with Gasteiger partial charge in [0.05, 0.1) is 12.8 Å². The molecule has 0 saturated carbocycles. The predicted molar refractivity (Wildman–Crippen MR) is 55.1 cm³/mol. The lowest BCUT2D eigenvalue weighted by Gasteiger charge is -2.18. The molecular weight excluding hydrogens is 348 g/mol. The van der Waals surface area contributed by atoms with Gasteiger partial charge in [0.2, 0.25) is 5.88 Å². The molecule has 0 atom stereocenters. The molecule has 0 bridgehead atoms. The van der Waals surface area contributed by atoms with Crippen LogP contribution >= 0.6 is 15.9 Å². The largest absolute Gasteiger partial charge is 0.573 e. The smallest absolute Gasteiger partial charge is 0.481 e. The molecule has 0 unspecified atom stereocenters. The monoisotopic (exact) mass is 353 g/mol. The van der Waals surface area contributed by atoms with Crippen LogP contribution in [0.15, 0.2) is 6.07 Å². The summed E-state index contributed by atoms with van der Waals surface area (Å²) in [6, 6.07) is 0.433. The van der Waals surface area contributed by atoms with Crippen molar-refractivity contribution >= 4 is 15.9 Å². The fourth-order valence-electron chi connectivity index (χ4n) is 1.26. The van der Waals surface area contributed by atoms with Crippen LogP contribution in [0, 0.1) is 0 Å². The normalized spacial score (nSPS) is 12.4. The zero-order valence-corrected chi connectivity index (χ0v) is 10.8. The Bertz CT molecular complexity index is 459. The molecule has 1 aromatic rings. The Hall–Kier alpha value is -1.19. The van der Waals surface area contributed by atoms with E-state index in [0.717, 1.165) is 7.11 Å². The van der Waals surface area contributed by atoms with Crippen LogP contribution in [0.25, 0.3) is 0 Å². The lowest BCUT2D eigenvalue weighted by atomic mass is 10.1. The van der Waals surface area contributed by atoms with Gasteiger partial charge in [0, 0.05) is 11.4 Å². The first-order valence-corrected chi connectivity index (χ1v) is 5.67. The summed E-state index contributed by atoms with van der Waals surface area (Å²) < 4.78 is 82.5. The fraction of sp³-hybridized carbons (Fsp3) is 0.444. The van der Waals surface area contributed by atoms with E-state index in [-0.39, 0.29) is 0 Å². The minimum absolute atomic E-state index is 0.409. The minimum atomic E-state index is -5.25. The van der Waals surface area contributed by atoms with Crippen molar-refractivity contribution in [3.8, 4) is 11.6 Å². The second-order valence-electron chi connectivity index (χ2n) is 3.16. The third kappa shape index (κ3) is 4.15. The number of halogens is 7. The lowest BCUT2D eigenvalue weighted by Crippen LogP contribution is -2.21. The van der Waals surface area contributed by atoms with Gasteiger partial charge in [-0.1, -0.05) is 15.9 Å². The minimum Gasteiger partial charge on any atom is -0.481 e. The molecule has 0 aliphatic heterocycles. The van der Waals surface area contributed by atoms with Crippen molar-refractivity contribution < 1.29 is 35.8 Å². The highest BCUT2D eigenvalue weighted by Crippen LogP contribution is 2.42. The van der Waals surface area contributed by atoms with E-state index in [2.05, 4.69) is 30.4 Å². The maximum absolute atomic E-state index is 12.8. The van der Waals surface area contributed by atoms with Crippen molar-refractivity contribution in [2.24, 2.45) is 0 Å². The number of ether oxygens (including phenoxy) is 2. The van der Waals surface area contributed by atoms with E-state index >= 15 is 0 Å². The van der Waals surface area contributed by atoms with Crippen molar-refractivity contribution in [2.75, 3.05) is 7.11 Å². The highest BCUT2D eigenvalue weighted by atomic mass is 79.9. The number of hydrogen-bond donors (Lipinski definition) is 0. The standard InChI is InChI=1S/C9H6BrF6NO2/c1-18-6-2-5(19-9(14,15)16)7(8(11,12)13)4(3-10)17-6/h2H,3H2,1H3. The molecule has 19 heavy (non-hydrogen) atoms. The van der Waals surface area contributed by atoms with E-state index in [1.54, 1.807) is 0 Å². The van der Waals surface area contributed by atoms with Gasteiger partial charge < -0.3 is 9.47 Å². The quantitative estimate of drug-likeness (QED) is 0.610. The maximum Gasteiger partial charge on any atom is 0.573 e. The molecule has 0 saturated heterocycles. The summed E-state index contributed by atoms with van der Waals surface area (Å²) in [6.07, 6.45) is -10.3. The molecule has 1 aromatic heterocycles. The Labute approximate surface area is 111 Å². The molecule has 0 aliphatic rings. The van der Waals surface area contributed by atoms with Gasteiger partial charge in [0.15, 0.2) is 0 Å². The molecule has 0 aromatic carbocycles. The van der Waals surface area contributed by atoms with Gasteiger partial charge in [-0.05, 0) is 0 Å². The molecule has 3 nitrogen and oxygen atoms in total. The Morgan fingerprint density at radius 1 is 1.21 bits per heavy atom. The molecule has 0 radical (unpaired) electrons. The van der Waals surface area contributed by atoms with E-state index in [4.69, 9.17) is 0 Å². The molecular formula is C9H6BrF6NO2. The first kappa shape index (κ1) is 15.9. The maximum atomic E-state index is 12.8. The van der Waals surface area contributed by atoms with Gasteiger partial charge in [-0.3, -0.25) is 0 Å². The summed E-state index contributed by atoms with van der Waals surface area (Å²) in [5.74, 6) is -1.82. The second-order valence-corrected chi connectivity index (χ2v) is 3.72. The Kier molecular flexibility index (Phi) is 4.54. The third-order valence-corrected chi connectivity index (χ3v) is 2.41. The zero-order chi connectivity index (χ0) is 14.8. The number of rotatable bonds is 3. The van der Waals surface area contributed by atoms with Crippen LogP contribution in [-0.2, 0) is 11.5 Å². The van der Waals surface area contributed by atoms with Crippen LogP contribution in [0.4, 0.5) is 26.3 Å². The van der Waals surface area contributed by atoms with Gasteiger partial charge in [-0.2, -0.15) is 13.2 Å². The van der Waals surface area contributed by atoms with Gasteiger partial charge in [0.25, 0.3) is 0 Å². The van der Waals surface area contributed by atoms with Crippen molar-refractivity contribution in [3.05, 3.63) is 17.3 Å². The highest BCUT2D eigenvalue weighted by Gasteiger charge is 2.42. The van der Waals surface area contributed by atoms with E-state index in [9.17, 15) is 26.3 Å². The fourth-order valence-corrected chi connectivity index (χ4v) is 1.66. The van der Waals surface area contributed by atoms with Gasteiger partial charge in [-0.25, -0.2) is 4.98 Å². The number of pyridine rings is 1. The molecule has 108 valence electrons. The first-order chi connectivity index (χ1) is 8.58. The Morgan fingerprint density at radius 3 is 2.16 bits per heavy atom. The third-order valence-electron chi connectivity index (χ3n) is 1.88. The molecule has 1 heterocycles. The number of methoxy groups -OCH3 is 1.